The molecule has 2 aromatic rings. The van der Waals surface area contributed by atoms with Gasteiger partial charge in [-0.2, -0.15) is 4.31 Å². The van der Waals surface area contributed by atoms with Crippen LogP contribution in [-0.4, -0.2) is 34.2 Å². The molecule has 0 saturated carbocycles. The van der Waals surface area contributed by atoms with Crippen LogP contribution >= 0.6 is 23.2 Å². The van der Waals surface area contributed by atoms with Crippen molar-refractivity contribution in [3.05, 3.63) is 52.0 Å². The quantitative estimate of drug-likeness (QED) is 0.686. The van der Waals surface area contributed by atoms with Gasteiger partial charge >= 0.3 is 0 Å². The van der Waals surface area contributed by atoms with Crippen molar-refractivity contribution in [3.63, 3.8) is 0 Å². The molecule has 2 aromatic carbocycles. The average molecular weight is 451 g/mol. The second-order valence-electron chi connectivity index (χ2n) is 5.75. The Morgan fingerprint density at radius 2 is 1.56 bits per heavy atom. The number of benzene rings is 2. The standard InChI is InChI=1S/C17H20Cl2N2O4S2/c1-4-21(5-2)27(24,25)17-11-14(7-8-15(17)19)20-26(22,23)16-9-6-13(18)10-12(16)3/h6-11,20H,4-5H2,1-3H3. The number of aryl methyl sites for hydroxylation is 1. The van der Waals surface area contributed by atoms with Crippen molar-refractivity contribution in [1.29, 1.82) is 0 Å². The molecule has 1 N–H and O–H groups in total. The predicted octanol–water partition coefficient (Wildman–Crippen LogP) is 4.13. The molecule has 0 heterocycles. The van der Waals surface area contributed by atoms with E-state index < -0.39 is 20.0 Å². The van der Waals surface area contributed by atoms with Gasteiger partial charge in [0, 0.05) is 18.1 Å². The van der Waals surface area contributed by atoms with Crippen LogP contribution in [0.2, 0.25) is 10.0 Å². The number of anilines is 1. The zero-order chi connectivity index (χ0) is 20.4. The van der Waals surface area contributed by atoms with Crippen LogP contribution in [0.1, 0.15) is 19.4 Å². The SMILES string of the molecule is CCN(CC)S(=O)(=O)c1cc(NS(=O)(=O)c2ccc(Cl)cc2C)ccc1Cl. The largest absolute Gasteiger partial charge is 0.280 e. The van der Waals surface area contributed by atoms with Gasteiger partial charge in [0.2, 0.25) is 10.0 Å². The maximum Gasteiger partial charge on any atom is 0.262 e. The molecule has 148 valence electrons. The Labute approximate surface area is 170 Å². The van der Waals surface area contributed by atoms with E-state index in [0.29, 0.717) is 10.6 Å². The summed E-state index contributed by atoms with van der Waals surface area (Å²) in [6.07, 6.45) is 0. The van der Waals surface area contributed by atoms with Crippen molar-refractivity contribution in [2.75, 3.05) is 17.8 Å². The zero-order valence-corrected chi connectivity index (χ0v) is 18.2. The van der Waals surface area contributed by atoms with Crippen molar-refractivity contribution < 1.29 is 16.8 Å². The van der Waals surface area contributed by atoms with Crippen LogP contribution in [-0.2, 0) is 20.0 Å². The van der Waals surface area contributed by atoms with Crippen molar-refractivity contribution in [2.45, 2.75) is 30.6 Å². The molecule has 0 aliphatic carbocycles. The molecule has 0 radical (unpaired) electrons. The molecule has 0 aliphatic rings. The minimum absolute atomic E-state index is 0.0209. The molecule has 27 heavy (non-hydrogen) atoms. The van der Waals surface area contributed by atoms with Crippen LogP contribution in [0.15, 0.2) is 46.2 Å². The Morgan fingerprint density at radius 3 is 2.11 bits per heavy atom. The fraction of sp³-hybridized carbons (Fsp3) is 0.294. The topological polar surface area (TPSA) is 83.6 Å². The van der Waals surface area contributed by atoms with Gasteiger partial charge in [-0.15, -0.1) is 0 Å². The first-order valence-corrected chi connectivity index (χ1v) is 11.8. The number of hydrogen-bond donors (Lipinski definition) is 1. The van der Waals surface area contributed by atoms with Crippen LogP contribution in [0.3, 0.4) is 0 Å². The Hall–Kier alpha value is -1.32. The smallest absolute Gasteiger partial charge is 0.262 e. The normalized spacial score (nSPS) is 12.4. The lowest BCUT2D eigenvalue weighted by atomic mass is 10.2. The third kappa shape index (κ3) is 4.75. The van der Waals surface area contributed by atoms with Crippen molar-refractivity contribution in [1.82, 2.24) is 4.31 Å². The molecular weight excluding hydrogens is 431 g/mol. The maximum atomic E-state index is 12.7. The number of rotatable bonds is 7. The molecule has 10 heteroatoms. The predicted molar refractivity (Wildman–Crippen MR) is 109 cm³/mol. The Bertz CT molecular complexity index is 1050. The molecule has 0 spiro atoms. The summed E-state index contributed by atoms with van der Waals surface area (Å²) in [5, 5.41) is 0.443. The van der Waals surface area contributed by atoms with E-state index in [1.165, 1.54) is 40.7 Å². The van der Waals surface area contributed by atoms with E-state index in [0.717, 1.165) is 0 Å². The molecule has 0 unspecified atom stereocenters. The molecule has 6 nitrogen and oxygen atoms in total. The van der Waals surface area contributed by atoms with Crippen LogP contribution in [0.5, 0.6) is 0 Å². The molecule has 0 fully saturated rings. The van der Waals surface area contributed by atoms with E-state index >= 15 is 0 Å². The molecule has 0 atom stereocenters. The second-order valence-corrected chi connectivity index (χ2v) is 10.2. The summed E-state index contributed by atoms with van der Waals surface area (Å²) < 4.78 is 54.5. The number of nitrogens with zero attached hydrogens (tertiary/aromatic N) is 1. The molecule has 2 rings (SSSR count). The summed E-state index contributed by atoms with van der Waals surface area (Å²) in [6, 6.07) is 8.38. The number of nitrogens with one attached hydrogen (secondary N) is 1. The van der Waals surface area contributed by atoms with E-state index in [1.807, 2.05) is 0 Å². The summed E-state index contributed by atoms with van der Waals surface area (Å²) in [6.45, 7) is 5.60. The average Bonchev–Trinajstić information content (AvgIpc) is 2.56. The fourth-order valence-electron chi connectivity index (χ4n) is 2.59. The summed E-state index contributed by atoms with van der Waals surface area (Å²) in [7, 11) is -7.77. The molecule has 0 aliphatic heterocycles. The third-order valence-corrected chi connectivity index (χ3v) is 8.24. The monoisotopic (exact) mass is 450 g/mol. The van der Waals surface area contributed by atoms with Gasteiger partial charge in [0.1, 0.15) is 4.90 Å². The molecule has 0 saturated heterocycles. The van der Waals surface area contributed by atoms with Crippen molar-refractivity contribution >= 4 is 48.9 Å². The van der Waals surface area contributed by atoms with Crippen LogP contribution in [0, 0.1) is 6.92 Å². The summed E-state index contributed by atoms with van der Waals surface area (Å²) >= 11 is 11.9. The van der Waals surface area contributed by atoms with Gasteiger partial charge in [0.15, 0.2) is 0 Å². The van der Waals surface area contributed by atoms with Gasteiger partial charge in [0.25, 0.3) is 10.0 Å². The van der Waals surface area contributed by atoms with E-state index in [-0.39, 0.29) is 33.6 Å². The first kappa shape index (κ1) is 22.0. The van der Waals surface area contributed by atoms with Crippen LogP contribution in [0.25, 0.3) is 0 Å². The number of sulfonamides is 2. The van der Waals surface area contributed by atoms with Gasteiger partial charge in [-0.3, -0.25) is 4.72 Å². The van der Waals surface area contributed by atoms with Gasteiger partial charge in [-0.05, 0) is 48.9 Å². The van der Waals surface area contributed by atoms with Crippen LogP contribution < -0.4 is 4.72 Å². The number of hydrogen-bond acceptors (Lipinski definition) is 4. The first-order chi connectivity index (χ1) is 12.5. The van der Waals surface area contributed by atoms with E-state index in [1.54, 1.807) is 20.8 Å². The van der Waals surface area contributed by atoms with Gasteiger partial charge in [0.05, 0.1) is 15.6 Å². The van der Waals surface area contributed by atoms with Crippen molar-refractivity contribution in [3.8, 4) is 0 Å². The Morgan fingerprint density at radius 1 is 0.926 bits per heavy atom. The highest BCUT2D eigenvalue weighted by atomic mass is 35.5. The molecule has 0 amide bonds. The third-order valence-electron chi connectivity index (χ3n) is 3.93. The van der Waals surface area contributed by atoms with E-state index in [2.05, 4.69) is 4.72 Å². The van der Waals surface area contributed by atoms with Gasteiger partial charge in [-0.25, -0.2) is 16.8 Å². The highest BCUT2D eigenvalue weighted by Gasteiger charge is 2.26. The minimum Gasteiger partial charge on any atom is -0.280 e. The second kappa shape index (κ2) is 8.36. The van der Waals surface area contributed by atoms with Gasteiger partial charge in [-0.1, -0.05) is 37.0 Å². The highest BCUT2D eigenvalue weighted by molar-refractivity contribution is 7.92. The maximum absolute atomic E-state index is 12.7. The highest BCUT2D eigenvalue weighted by Crippen LogP contribution is 2.29. The van der Waals surface area contributed by atoms with Crippen molar-refractivity contribution in [2.24, 2.45) is 0 Å². The lowest BCUT2D eigenvalue weighted by Crippen LogP contribution is -2.30. The zero-order valence-electron chi connectivity index (χ0n) is 15.0. The minimum atomic E-state index is -3.93. The summed E-state index contributed by atoms with van der Waals surface area (Å²) in [5.74, 6) is 0. The molecule has 0 aromatic heterocycles. The van der Waals surface area contributed by atoms with Gasteiger partial charge < -0.3 is 0 Å². The summed E-state index contributed by atoms with van der Waals surface area (Å²) in [5.41, 5.74) is 0.569. The fourth-order valence-corrected chi connectivity index (χ4v) is 6.05. The molecule has 0 bridgehead atoms. The van der Waals surface area contributed by atoms with Crippen LogP contribution in [0.4, 0.5) is 5.69 Å². The van der Waals surface area contributed by atoms with E-state index in [9.17, 15) is 16.8 Å². The first-order valence-electron chi connectivity index (χ1n) is 8.11. The lowest BCUT2D eigenvalue weighted by molar-refractivity contribution is 0.445. The van der Waals surface area contributed by atoms with E-state index in [4.69, 9.17) is 23.2 Å². The lowest BCUT2D eigenvalue weighted by Gasteiger charge is -2.20. The Kier molecular flexibility index (Phi) is 6.81. The summed E-state index contributed by atoms with van der Waals surface area (Å²) in [4.78, 5) is -0.101. The number of halogens is 2. The molecular formula is C17H20Cl2N2O4S2. The Balaban J connectivity index is 2.47.